The second-order valence-corrected chi connectivity index (χ2v) is 6.12. The Bertz CT molecular complexity index is 269. The molecule has 4 nitrogen and oxygen atoms in total. The van der Waals surface area contributed by atoms with E-state index in [1.807, 2.05) is 0 Å². The maximum atomic E-state index is 10.6. The summed E-state index contributed by atoms with van der Waals surface area (Å²) in [6.07, 6.45) is 7.66. The van der Waals surface area contributed by atoms with Crippen LogP contribution in [0.2, 0.25) is 0 Å². The van der Waals surface area contributed by atoms with Gasteiger partial charge >= 0.3 is 5.97 Å². The van der Waals surface area contributed by atoms with Gasteiger partial charge in [0.15, 0.2) is 0 Å². The van der Waals surface area contributed by atoms with E-state index < -0.39 is 5.97 Å². The maximum absolute atomic E-state index is 10.6. The van der Waals surface area contributed by atoms with Crippen LogP contribution >= 0.6 is 0 Å². The number of hydrogen-bond donors (Lipinski definition) is 1. The molecule has 0 spiro atoms. The molecule has 0 radical (unpaired) electrons. The fourth-order valence-electron chi connectivity index (χ4n) is 3.35. The standard InChI is InChI=1S/C15H28N2O2/c18-15(19)5-4-14-6-12-17(13-7-14)11-3-10-16-8-1-2-9-16/h14H,1-13H2,(H,18,19). The summed E-state index contributed by atoms with van der Waals surface area (Å²) in [6.45, 7) is 7.43. The van der Waals surface area contributed by atoms with Crippen LogP contribution in [-0.2, 0) is 4.79 Å². The molecule has 0 saturated carbocycles. The zero-order valence-electron chi connectivity index (χ0n) is 12.0. The summed E-state index contributed by atoms with van der Waals surface area (Å²) in [5.74, 6) is -0.000949. The quantitative estimate of drug-likeness (QED) is 0.767. The summed E-state index contributed by atoms with van der Waals surface area (Å²) < 4.78 is 0. The third kappa shape index (κ3) is 5.49. The SMILES string of the molecule is O=C(O)CCC1CCN(CCCN2CCCC2)CC1. The van der Waals surface area contributed by atoms with Crippen molar-refractivity contribution >= 4 is 5.97 Å². The number of likely N-dealkylation sites (tertiary alicyclic amines) is 2. The Morgan fingerprint density at radius 1 is 1.00 bits per heavy atom. The summed E-state index contributed by atoms with van der Waals surface area (Å²) >= 11 is 0. The highest BCUT2D eigenvalue weighted by Gasteiger charge is 2.19. The molecule has 0 aromatic carbocycles. The highest BCUT2D eigenvalue weighted by atomic mass is 16.4. The van der Waals surface area contributed by atoms with Crippen LogP contribution in [0.15, 0.2) is 0 Å². The average Bonchev–Trinajstić information content (AvgIpc) is 2.91. The molecule has 110 valence electrons. The Morgan fingerprint density at radius 3 is 2.16 bits per heavy atom. The van der Waals surface area contributed by atoms with Crippen LogP contribution in [-0.4, -0.2) is 60.1 Å². The lowest BCUT2D eigenvalue weighted by Gasteiger charge is -2.32. The zero-order valence-corrected chi connectivity index (χ0v) is 12.0. The van der Waals surface area contributed by atoms with Gasteiger partial charge in [0.1, 0.15) is 0 Å². The summed E-state index contributed by atoms with van der Waals surface area (Å²) in [7, 11) is 0. The van der Waals surface area contributed by atoms with Gasteiger partial charge in [0, 0.05) is 6.42 Å². The van der Waals surface area contributed by atoms with Gasteiger partial charge in [0.25, 0.3) is 0 Å². The number of nitrogens with zero attached hydrogens (tertiary/aromatic N) is 2. The first-order valence-electron chi connectivity index (χ1n) is 7.90. The second-order valence-electron chi connectivity index (χ2n) is 6.12. The predicted octanol–water partition coefficient (Wildman–Crippen LogP) is 2.05. The van der Waals surface area contributed by atoms with Crippen molar-refractivity contribution in [3.05, 3.63) is 0 Å². The van der Waals surface area contributed by atoms with Crippen molar-refractivity contribution in [1.29, 1.82) is 0 Å². The van der Waals surface area contributed by atoms with Gasteiger partial charge in [-0.15, -0.1) is 0 Å². The molecule has 2 fully saturated rings. The van der Waals surface area contributed by atoms with Gasteiger partial charge in [-0.2, -0.15) is 0 Å². The molecule has 0 bridgehead atoms. The lowest BCUT2D eigenvalue weighted by Crippen LogP contribution is -2.36. The Labute approximate surface area is 116 Å². The van der Waals surface area contributed by atoms with E-state index in [0.717, 1.165) is 6.42 Å². The predicted molar refractivity (Wildman–Crippen MR) is 76.3 cm³/mol. The van der Waals surface area contributed by atoms with E-state index in [-0.39, 0.29) is 0 Å². The molecule has 2 rings (SSSR count). The van der Waals surface area contributed by atoms with E-state index in [2.05, 4.69) is 9.80 Å². The molecule has 0 unspecified atom stereocenters. The summed E-state index contributed by atoms with van der Waals surface area (Å²) in [4.78, 5) is 15.7. The lowest BCUT2D eigenvalue weighted by molar-refractivity contribution is -0.137. The van der Waals surface area contributed by atoms with Gasteiger partial charge in [-0.05, 0) is 83.7 Å². The van der Waals surface area contributed by atoms with E-state index in [1.165, 1.54) is 71.4 Å². The van der Waals surface area contributed by atoms with E-state index in [1.54, 1.807) is 0 Å². The number of carboxylic acids is 1. The minimum Gasteiger partial charge on any atom is -0.481 e. The van der Waals surface area contributed by atoms with Crippen LogP contribution in [0, 0.1) is 5.92 Å². The van der Waals surface area contributed by atoms with Crippen molar-refractivity contribution in [2.75, 3.05) is 39.3 Å². The van der Waals surface area contributed by atoms with Gasteiger partial charge < -0.3 is 14.9 Å². The van der Waals surface area contributed by atoms with E-state index in [0.29, 0.717) is 12.3 Å². The Morgan fingerprint density at radius 2 is 1.58 bits per heavy atom. The second kappa shape index (κ2) is 7.85. The highest BCUT2D eigenvalue weighted by Crippen LogP contribution is 2.22. The number of carbonyl (C=O) groups is 1. The highest BCUT2D eigenvalue weighted by molar-refractivity contribution is 5.66. The maximum Gasteiger partial charge on any atom is 0.303 e. The average molecular weight is 268 g/mol. The van der Waals surface area contributed by atoms with Gasteiger partial charge in [0.05, 0.1) is 0 Å². The molecule has 2 aliphatic heterocycles. The number of hydrogen-bond acceptors (Lipinski definition) is 3. The van der Waals surface area contributed by atoms with Crippen molar-refractivity contribution in [2.24, 2.45) is 5.92 Å². The number of piperidine rings is 1. The topological polar surface area (TPSA) is 43.8 Å². The van der Waals surface area contributed by atoms with Gasteiger partial charge in [0.2, 0.25) is 0 Å². The summed E-state index contributed by atoms with van der Waals surface area (Å²) in [5.41, 5.74) is 0. The first-order chi connectivity index (χ1) is 9.24. The molecule has 4 heteroatoms. The third-order valence-electron chi connectivity index (χ3n) is 4.62. The Balaban J connectivity index is 1.52. The van der Waals surface area contributed by atoms with Crippen molar-refractivity contribution in [3.63, 3.8) is 0 Å². The van der Waals surface area contributed by atoms with Crippen LogP contribution in [0.25, 0.3) is 0 Å². The normalized spacial score (nSPS) is 22.9. The zero-order chi connectivity index (χ0) is 13.5. The van der Waals surface area contributed by atoms with E-state index in [4.69, 9.17) is 5.11 Å². The minimum absolute atomic E-state index is 0.347. The number of aliphatic carboxylic acids is 1. The van der Waals surface area contributed by atoms with Crippen LogP contribution < -0.4 is 0 Å². The molecule has 2 aliphatic rings. The number of rotatable bonds is 7. The van der Waals surface area contributed by atoms with E-state index in [9.17, 15) is 4.79 Å². The summed E-state index contributed by atoms with van der Waals surface area (Å²) in [6, 6.07) is 0. The molecule has 0 aliphatic carbocycles. The molecule has 19 heavy (non-hydrogen) atoms. The van der Waals surface area contributed by atoms with E-state index >= 15 is 0 Å². The molecule has 2 heterocycles. The molecular formula is C15H28N2O2. The molecule has 1 N–H and O–H groups in total. The van der Waals surface area contributed by atoms with Crippen LogP contribution in [0.1, 0.15) is 44.9 Å². The molecule has 0 aromatic heterocycles. The fourth-order valence-corrected chi connectivity index (χ4v) is 3.35. The van der Waals surface area contributed by atoms with Crippen LogP contribution in [0.3, 0.4) is 0 Å². The molecular weight excluding hydrogens is 240 g/mol. The van der Waals surface area contributed by atoms with Gasteiger partial charge in [-0.1, -0.05) is 0 Å². The first kappa shape index (κ1) is 14.8. The summed E-state index contributed by atoms with van der Waals surface area (Å²) in [5, 5.41) is 8.70. The van der Waals surface area contributed by atoms with Gasteiger partial charge in [-0.25, -0.2) is 0 Å². The molecule has 0 aromatic rings. The minimum atomic E-state index is -0.645. The molecule has 2 saturated heterocycles. The Hall–Kier alpha value is -0.610. The monoisotopic (exact) mass is 268 g/mol. The van der Waals surface area contributed by atoms with Crippen molar-refractivity contribution in [3.8, 4) is 0 Å². The smallest absolute Gasteiger partial charge is 0.303 e. The molecule has 0 amide bonds. The van der Waals surface area contributed by atoms with Crippen molar-refractivity contribution in [1.82, 2.24) is 9.80 Å². The fraction of sp³-hybridized carbons (Fsp3) is 0.933. The number of carboxylic acid groups (broad SMARTS) is 1. The van der Waals surface area contributed by atoms with Crippen molar-refractivity contribution < 1.29 is 9.90 Å². The van der Waals surface area contributed by atoms with Gasteiger partial charge in [-0.3, -0.25) is 4.79 Å². The third-order valence-corrected chi connectivity index (χ3v) is 4.62. The van der Waals surface area contributed by atoms with Crippen LogP contribution in [0.5, 0.6) is 0 Å². The lowest BCUT2D eigenvalue weighted by atomic mass is 9.92. The Kier molecular flexibility index (Phi) is 6.11. The van der Waals surface area contributed by atoms with Crippen molar-refractivity contribution in [2.45, 2.75) is 44.9 Å². The van der Waals surface area contributed by atoms with Crippen LogP contribution in [0.4, 0.5) is 0 Å². The largest absolute Gasteiger partial charge is 0.481 e. The first-order valence-corrected chi connectivity index (χ1v) is 7.90. The molecule has 0 atom stereocenters.